The summed E-state index contributed by atoms with van der Waals surface area (Å²) in [6.45, 7) is 1.97. The van der Waals surface area contributed by atoms with Crippen LogP contribution in [-0.4, -0.2) is 0 Å². The van der Waals surface area contributed by atoms with E-state index < -0.39 is 0 Å². The SMILES string of the molecule is Cc1cc(C#N)cc2occc12. The highest BCUT2D eigenvalue weighted by Gasteiger charge is 2.01. The van der Waals surface area contributed by atoms with Crippen molar-refractivity contribution >= 4 is 11.0 Å². The third kappa shape index (κ3) is 0.876. The second-order valence-corrected chi connectivity index (χ2v) is 2.74. The standard InChI is InChI=1S/C10H7NO/c1-7-4-8(6-11)5-10-9(7)2-3-12-10/h2-5H,1H3. The molecule has 0 radical (unpaired) electrons. The predicted molar refractivity (Wildman–Crippen MR) is 45.7 cm³/mol. The van der Waals surface area contributed by atoms with E-state index in [0.29, 0.717) is 5.56 Å². The van der Waals surface area contributed by atoms with Crippen LogP contribution in [0.1, 0.15) is 11.1 Å². The van der Waals surface area contributed by atoms with Crippen LogP contribution in [0.2, 0.25) is 0 Å². The van der Waals surface area contributed by atoms with Crippen molar-refractivity contribution in [2.24, 2.45) is 0 Å². The van der Waals surface area contributed by atoms with Crippen molar-refractivity contribution in [2.75, 3.05) is 0 Å². The van der Waals surface area contributed by atoms with Gasteiger partial charge in [-0.2, -0.15) is 5.26 Å². The Morgan fingerprint density at radius 3 is 3.00 bits per heavy atom. The fourth-order valence-corrected chi connectivity index (χ4v) is 1.32. The van der Waals surface area contributed by atoms with Crippen molar-refractivity contribution in [3.63, 3.8) is 0 Å². The smallest absolute Gasteiger partial charge is 0.135 e. The minimum Gasteiger partial charge on any atom is -0.464 e. The quantitative estimate of drug-likeness (QED) is 0.589. The lowest BCUT2D eigenvalue weighted by Gasteiger charge is -1.94. The van der Waals surface area contributed by atoms with Gasteiger partial charge in [-0.15, -0.1) is 0 Å². The van der Waals surface area contributed by atoms with E-state index in [2.05, 4.69) is 6.07 Å². The van der Waals surface area contributed by atoms with Gasteiger partial charge in [0.2, 0.25) is 0 Å². The summed E-state index contributed by atoms with van der Waals surface area (Å²) in [7, 11) is 0. The van der Waals surface area contributed by atoms with Gasteiger partial charge < -0.3 is 4.42 Å². The van der Waals surface area contributed by atoms with E-state index in [4.69, 9.17) is 9.68 Å². The van der Waals surface area contributed by atoms with Crippen LogP contribution in [0.25, 0.3) is 11.0 Å². The molecule has 0 bridgehead atoms. The van der Waals surface area contributed by atoms with Gasteiger partial charge in [0.05, 0.1) is 17.9 Å². The van der Waals surface area contributed by atoms with Crippen molar-refractivity contribution < 1.29 is 4.42 Å². The molecule has 0 amide bonds. The second kappa shape index (κ2) is 2.38. The van der Waals surface area contributed by atoms with Gasteiger partial charge in [0.25, 0.3) is 0 Å². The Labute approximate surface area is 70.0 Å². The average molecular weight is 157 g/mol. The van der Waals surface area contributed by atoms with Crippen molar-refractivity contribution in [3.05, 3.63) is 35.6 Å². The van der Waals surface area contributed by atoms with Gasteiger partial charge in [-0.25, -0.2) is 0 Å². The van der Waals surface area contributed by atoms with Gasteiger partial charge in [-0.3, -0.25) is 0 Å². The summed E-state index contributed by atoms with van der Waals surface area (Å²) in [5.41, 5.74) is 2.51. The molecule has 12 heavy (non-hydrogen) atoms. The Hall–Kier alpha value is -1.75. The Bertz CT molecular complexity index is 462. The largest absolute Gasteiger partial charge is 0.464 e. The molecule has 0 aliphatic carbocycles. The molecule has 2 nitrogen and oxygen atoms in total. The van der Waals surface area contributed by atoms with Crippen molar-refractivity contribution in [3.8, 4) is 6.07 Å². The first-order valence-corrected chi connectivity index (χ1v) is 3.69. The number of fused-ring (bicyclic) bond motifs is 1. The predicted octanol–water partition coefficient (Wildman–Crippen LogP) is 2.61. The van der Waals surface area contributed by atoms with E-state index in [-0.39, 0.29) is 0 Å². The highest BCUT2D eigenvalue weighted by Crippen LogP contribution is 2.20. The van der Waals surface area contributed by atoms with Gasteiger partial charge in [0.15, 0.2) is 0 Å². The molecule has 0 aliphatic heterocycles. The van der Waals surface area contributed by atoms with E-state index in [1.54, 1.807) is 12.3 Å². The molecule has 2 rings (SSSR count). The second-order valence-electron chi connectivity index (χ2n) is 2.74. The van der Waals surface area contributed by atoms with Crippen LogP contribution in [0.5, 0.6) is 0 Å². The maximum Gasteiger partial charge on any atom is 0.135 e. The normalized spacial score (nSPS) is 10.0. The Morgan fingerprint density at radius 1 is 1.42 bits per heavy atom. The number of furan rings is 1. The third-order valence-corrected chi connectivity index (χ3v) is 1.91. The molecule has 0 N–H and O–H groups in total. The van der Waals surface area contributed by atoms with Crippen molar-refractivity contribution in [2.45, 2.75) is 6.92 Å². The summed E-state index contributed by atoms with van der Waals surface area (Å²) in [5.74, 6) is 0. The first kappa shape index (κ1) is 6.93. The van der Waals surface area contributed by atoms with Crippen molar-refractivity contribution in [1.29, 1.82) is 5.26 Å². The van der Waals surface area contributed by atoms with Crippen LogP contribution >= 0.6 is 0 Å². The molecular formula is C10H7NO. The van der Waals surface area contributed by atoms with Gasteiger partial charge in [-0.05, 0) is 30.7 Å². The van der Waals surface area contributed by atoms with E-state index in [1.807, 2.05) is 19.1 Å². The van der Waals surface area contributed by atoms with Crippen LogP contribution in [0, 0.1) is 18.3 Å². The molecule has 1 aromatic heterocycles. The lowest BCUT2D eigenvalue weighted by molar-refractivity contribution is 0.615. The van der Waals surface area contributed by atoms with Crippen molar-refractivity contribution in [1.82, 2.24) is 0 Å². The molecule has 0 spiro atoms. The lowest BCUT2D eigenvalue weighted by Crippen LogP contribution is -1.77. The molecule has 58 valence electrons. The van der Waals surface area contributed by atoms with Crippen LogP contribution in [0.4, 0.5) is 0 Å². The highest BCUT2D eigenvalue weighted by molar-refractivity contribution is 5.82. The highest BCUT2D eigenvalue weighted by atomic mass is 16.3. The topological polar surface area (TPSA) is 36.9 Å². The zero-order valence-corrected chi connectivity index (χ0v) is 6.66. The molecule has 2 heteroatoms. The third-order valence-electron chi connectivity index (χ3n) is 1.91. The Kier molecular flexibility index (Phi) is 1.38. The van der Waals surface area contributed by atoms with Crippen LogP contribution in [0.15, 0.2) is 28.9 Å². The van der Waals surface area contributed by atoms with Crippen LogP contribution < -0.4 is 0 Å². The van der Waals surface area contributed by atoms with E-state index in [1.165, 1.54) is 0 Å². The molecular weight excluding hydrogens is 150 g/mol. The summed E-state index contributed by atoms with van der Waals surface area (Å²) in [6.07, 6.45) is 1.64. The minimum atomic E-state index is 0.648. The van der Waals surface area contributed by atoms with Gasteiger partial charge in [0.1, 0.15) is 5.58 Å². The number of nitrogens with zero attached hydrogens (tertiary/aromatic N) is 1. The zero-order chi connectivity index (χ0) is 8.55. The first-order valence-electron chi connectivity index (χ1n) is 3.69. The molecule has 0 unspecified atom stereocenters. The van der Waals surface area contributed by atoms with Crippen LogP contribution in [0.3, 0.4) is 0 Å². The summed E-state index contributed by atoms with van der Waals surface area (Å²) < 4.78 is 5.19. The molecule has 0 atom stereocenters. The fourth-order valence-electron chi connectivity index (χ4n) is 1.32. The number of hydrogen-bond acceptors (Lipinski definition) is 2. The van der Waals surface area contributed by atoms with E-state index in [0.717, 1.165) is 16.5 Å². The van der Waals surface area contributed by atoms with Gasteiger partial charge >= 0.3 is 0 Å². The molecule has 2 aromatic rings. The summed E-state index contributed by atoms with van der Waals surface area (Å²) in [4.78, 5) is 0. The number of rotatable bonds is 0. The number of benzene rings is 1. The molecule has 1 heterocycles. The average Bonchev–Trinajstić information content (AvgIpc) is 2.52. The molecule has 1 aromatic carbocycles. The Morgan fingerprint density at radius 2 is 2.25 bits per heavy atom. The lowest BCUT2D eigenvalue weighted by atomic mass is 10.1. The van der Waals surface area contributed by atoms with Gasteiger partial charge in [0, 0.05) is 5.39 Å². The van der Waals surface area contributed by atoms with Gasteiger partial charge in [-0.1, -0.05) is 0 Å². The number of nitriles is 1. The molecule has 0 saturated heterocycles. The summed E-state index contributed by atoms with van der Waals surface area (Å²) >= 11 is 0. The molecule has 0 fully saturated rings. The first-order chi connectivity index (χ1) is 5.81. The summed E-state index contributed by atoms with van der Waals surface area (Å²) in [5, 5.41) is 9.75. The number of aryl methyl sites for hydroxylation is 1. The molecule has 0 aliphatic rings. The monoisotopic (exact) mass is 157 g/mol. The summed E-state index contributed by atoms with van der Waals surface area (Å²) in [6, 6.07) is 7.61. The Balaban J connectivity index is 2.86. The maximum absolute atomic E-state index is 8.67. The van der Waals surface area contributed by atoms with Crippen LogP contribution in [-0.2, 0) is 0 Å². The molecule has 0 saturated carbocycles. The number of hydrogen-bond donors (Lipinski definition) is 0. The maximum atomic E-state index is 8.67. The van der Waals surface area contributed by atoms with E-state index in [9.17, 15) is 0 Å². The van der Waals surface area contributed by atoms with E-state index >= 15 is 0 Å². The fraction of sp³-hybridized carbons (Fsp3) is 0.100. The zero-order valence-electron chi connectivity index (χ0n) is 6.66. The minimum absolute atomic E-state index is 0.648.